The van der Waals surface area contributed by atoms with Gasteiger partial charge in [0.15, 0.2) is 0 Å². The summed E-state index contributed by atoms with van der Waals surface area (Å²) in [6.07, 6.45) is 0. The molecule has 0 aliphatic carbocycles. The molecule has 0 bridgehead atoms. The van der Waals surface area contributed by atoms with Crippen LogP contribution in [0.3, 0.4) is 0 Å². The second kappa shape index (κ2) is 9.76. The number of phenols is 1. The summed E-state index contributed by atoms with van der Waals surface area (Å²) in [5.41, 5.74) is 0.936. The first-order chi connectivity index (χ1) is 13.0. The fourth-order valence-corrected chi connectivity index (χ4v) is 5.39. The largest absolute Gasteiger partial charge is 0.507 e. The number of para-hydroxylation sites is 2. The highest BCUT2D eigenvalue weighted by Crippen LogP contribution is 2.34. The molecule has 1 heterocycles. The molecule has 2 N–H and O–H groups in total. The maximum atomic E-state index is 10.2. The zero-order valence-corrected chi connectivity index (χ0v) is 17.9. The van der Waals surface area contributed by atoms with Gasteiger partial charge in [0.1, 0.15) is 18.1 Å². The lowest BCUT2D eigenvalue weighted by Crippen LogP contribution is -2.40. The number of phenolic OH excluding ortho intramolecular Hbond substituents is 1. The topological polar surface area (TPSA) is 41.5 Å². The van der Waals surface area contributed by atoms with Gasteiger partial charge in [0.05, 0.1) is 6.04 Å². The maximum absolute atomic E-state index is 10.2. The Balaban J connectivity index is 1.52. The summed E-state index contributed by atoms with van der Waals surface area (Å²) in [6, 6.07) is 14.6. The third-order valence-electron chi connectivity index (χ3n) is 4.99. The van der Waals surface area contributed by atoms with E-state index in [-0.39, 0.29) is 0 Å². The lowest BCUT2D eigenvalue weighted by Gasteiger charge is -2.24. The summed E-state index contributed by atoms with van der Waals surface area (Å²) in [6.45, 7) is 8.17. The van der Waals surface area contributed by atoms with Gasteiger partial charge < -0.3 is 15.2 Å². The van der Waals surface area contributed by atoms with Crippen molar-refractivity contribution in [2.45, 2.75) is 36.6 Å². The number of hydrogen-bond acceptors (Lipinski definition) is 5. The second-order valence-corrected chi connectivity index (χ2v) is 9.53. The highest BCUT2D eigenvalue weighted by molar-refractivity contribution is 7.99. The van der Waals surface area contributed by atoms with Gasteiger partial charge in [-0.2, -0.15) is 0 Å². The monoisotopic (exact) mass is 403 g/mol. The average Bonchev–Trinajstić information content (AvgIpc) is 2.87. The van der Waals surface area contributed by atoms with E-state index < -0.39 is 0 Å². The second-order valence-electron chi connectivity index (χ2n) is 7.41. The molecule has 0 fully saturated rings. The summed E-state index contributed by atoms with van der Waals surface area (Å²) in [4.78, 5) is 2.21. The van der Waals surface area contributed by atoms with Gasteiger partial charge >= 0.3 is 0 Å². The standard InChI is InChI=1S/C22H29NO2S2/c1-15(2)17(13-26-21-10-6-7-16(3)22(21)24)11-23-18-12-25-19-8-4-5-9-20(19)27-14-18/h4-10,15,17-18,23-24H,11-14H2,1-3H3/t17-,18-/m1/s1. The Hall–Kier alpha value is -1.30. The van der Waals surface area contributed by atoms with Gasteiger partial charge in [-0.25, -0.2) is 0 Å². The number of aromatic hydroxyl groups is 1. The summed E-state index contributed by atoms with van der Waals surface area (Å²) in [5, 5.41) is 14.0. The van der Waals surface area contributed by atoms with E-state index in [4.69, 9.17) is 4.74 Å². The molecule has 146 valence electrons. The molecule has 5 heteroatoms. The van der Waals surface area contributed by atoms with E-state index in [2.05, 4.69) is 31.3 Å². The molecule has 0 radical (unpaired) electrons. The zero-order chi connectivity index (χ0) is 19.2. The van der Waals surface area contributed by atoms with Gasteiger partial charge in [-0.3, -0.25) is 0 Å². The molecule has 0 amide bonds. The SMILES string of the molecule is Cc1cccc(SC[C@@H](CN[C@@H]2COc3ccccc3SC2)C(C)C)c1O. The van der Waals surface area contributed by atoms with Crippen molar-refractivity contribution in [2.24, 2.45) is 11.8 Å². The maximum Gasteiger partial charge on any atom is 0.132 e. The molecule has 0 saturated carbocycles. The van der Waals surface area contributed by atoms with Crippen molar-refractivity contribution >= 4 is 23.5 Å². The average molecular weight is 404 g/mol. The van der Waals surface area contributed by atoms with Crippen LogP contribution in [-0.4, -0.2) is 35.8 Å². The Labute approximate surface area is 171 Å². The number of fused-ring (bicyclic) bond motifs is 1. The minimum Gasteiger partial charge on any atom is -0.507 e. The van der Waals surface area contributed by atoms with E-state index in [0.717, 1.165) is 34.3 Å². The molecular formula is C22H29NO2S2. The van der Waals surface area contributed by atoms with Crippen molar-refractivity contribution < 1.29 is 9.84 Å². The first kappa shape index (κ1) is 20.4. The summed E-state index contributed by atoms with van der Waals surface area (Å²) < 4.78 is 5.99. The van der Waals surface area contributed by atoms with Gasteiger partial charge in [0, 0.05) is 21.3 Å². The minimum absolute atomic E-state index is 0.348. The fraction of sp³-hybridized carbons (Fsp3) is 0.455. The van der Waals surface area contributed by atoms with Crippen molar-refractivity contribution in [3.63, 3.8) is 0 Å². The predicted octanol–water partition coefficient (Wildman–Crippen LogP) is 5.21. The first-order valence-electron chi connectivity index (χ1n) is 9.54. The summed E-state index contributed by atoms with van der Waals surface area (Å²) in [5.74, 6) is 4.54. The lowest BCUT2D eigenvalue weighted by molar-refractivity contribution is 0.263. The minimum atomic E-state index is 0.348. The normalized spacial score (nSPS) is 17.9. The molecule has 2 atom stereocenters. The van der Waals surface area contributed by atoms with Crippen LogP contribution in [-0.2, 0) is 0 Å². The summed E-state index contributed by atoms with van der Waals surface area (Å²) in [7, 11) is 0. The lowest BCUT2D eigenvalue weighted by atomic mass is 9.98. The number of nitrogens with one attached hydrogen (secondary N) is 1. The van der Waals surface area contributed by atoms with Gasteiger partial charge in [-0.15, -0.1) is 23.5 Å². The van der Waals surface area contributed by atoms with Gasteiger partial charge in [-0.1, -0.05) is 38.1 Å². The zero-order valence-electron chi connectivity index (χ0n) is 16.3. The van der Waals surface area contributed by atoms with Crippen molar-refractivity contribution in [1.29, 1.82) is 0 Å². The Morgan fingerprint density at radius 2 is 2.04 bits per heavy atom. The molecule has 0 aromatic heterocycles. The van der Waals surface area contributed by atoms with Crippen LogP contribution in [0.2, 0.25) is 0 Å². The van der Waals surface area contributed by atoms with Crippen LogP contribution in [0.1, 0.15) is 19.4 Å². The first-order valence-corrected chi connectivity index (χ1v) is 11.5. The molecular weight excluding hydrogens is 374 g/mol. The molecule has 2 aromatic rings. The van der Waals surface area contributed by atoms with Crippen LogP contribution < -0.4 is 10.1 Å². The number of thioether (sulfide) groups is 2. The van der Waals surface area contributed by atoms with Gasteiger partial charge in [-0.05, 0) is 49.1 Å². The predicted molar refractivity (Wildman–Crippen MR) is 116 cm³/mol. The smallest absolute Gasteiger partial charge is 0.132 e. The van der Waals surface area contributed by atoms with Crippen LogP contribution >= 0.6 is 23.5 Å². The van der Waals surface area contributed by atoms with Crippen LogP contribution in [0, 0.1) is 18.8 Å². The van der Waals surface area contributed by atoms with E-state index in [0.29, 0.717) is 30.2 Å². The van der Waals surface area contributed by atoms with E-state index in [1.807, 2.05) is 49.0 Å². The molecule has 27 heavy (non-hydrogen) atoms. The van der Waals surface area contributed by atoms with E-state index in [9.17, 15) is 5.11 Å². The Bertz CT molecular complexity index is 724. The highest BCUT2D eigenvalue weighted by Gasteiger charge is 2.20. The third kappa shape index (κ3) is 5.59. The van der Waals surface area contributed by atoms with E-state index in [1.165, 1.54) is 4.90 Å². The van der Waals surface area contributed by atoms with Crippen LogP contribution in [0.4, 0.5) is 0 Å². The molecule has 2 aromatic carbocycles. The van der Waals surface area contributed by atoms with Crippen molar-refractivity contribution in [3.8, 4) is 11.5 Å². The summed E-state index contributed by atoms with van der Waals surface area (Å²) >= 11 is 3.62. The number of hydrogen-bond donors (Lipinski definition) is 2. The molecule has 0 saturated heterocycles. The fourth-order valence-electron chi connectivity index (χ4n) is 2.99. The molecule has 1 aliphatic rings. The van der Waals surface area contributed by atoms with Gasteiger partial charge in [0.2, 0.25) is 0 Å². The highest BCUT2D eigenvalue weighted by atomic mass is 32.2. The van der Waals surface area contributed by atoms with Crippen LogP contribution in [0.15, 0.2) is 52.3 Å². The Morgan fingerprint density at radius 1 is 1.22 bits per heavy atom. The number of rotatable bonds is 7. The molecule has 3 rings (SSSR count). The molecule has 0 unspecified atom stereocenters. The van der Waals surface area contributed by atoms with E-state index >= 15 is 0 Å². The molecule has 3 nitrogen and oxygen atoms in total. The number of ether oxygens (including phenoxy) is 1. The number of benzene rings is 2. The third-order valence-corrected chi connectivity index (χ3v) is 7.45. The van der Waals surface area contributed by atoms with Gasteiger partial charge in [0.25, 0.3) is 0 Å². The number of aryl methyl sites for hydroxylation is 1. The van der Waals surface area contributed by atoms with E-state index in [1.54, 1.807) is 11.8 Å². The quantitative estimate of drug-likeness (QED) is 0.621. The van der Waals surface area contributed by atoms with Crippen molar-refractivity contribution in [1.82, 2.24) is 5.32 Å². The van der Waals surface area contributed by atoms with Crippen molar-refractivity contribution in [2.75, 3.05) is 24.7 Å². The van der Waals surface area contributed by atoms with Crippen LogP contribution in [0.25, 0.3) is 0 Å². The Morgan fingerprint density at radius 3 is 2.85 bits per heavy atom. The van der Waals surface area contributed by atoms with Crippen LogP contribution in [0.5, 0.6) is 11.5 Å². The Kier molecular flexibility index (Phi) is 7.39. The molecule has 1 aliphatic heterocycles. The molecule has 0 spiro atoms. The van der Waals surface area contributed by atoms with Crippen molar-refractivity contribution in [3.05, 3.63) is 48.0 Å².